The quantitative estimate of drug-likeness (QED) is 0.249. The number of thiocarbonyl (C=S) groups is 1. The zero-order valence-electron chi connectivity index (χ0n) is 23.7. The van der Waals surface area contributed by atoms with Crippen LogP contribution in [0.2, 0.25) is 0 Å². The van der Waals surface area contributed by atoms with Crippen molar-refractivity contribution in [1.29, 1.82) is 5.26 Å². The van der Waals surface area contributed by atoms with Crippen LogP contribution >= 0.6 is 24.0 Å². The smallest absolute Gasteiger partial charge is 0.270 e. The van der Waals surface area contributed by atoms with Gasteiger partial charge in [0.15, 0.2) is 0 Å². The minimum Gasteiger partial charge on any atom is -0.372 e. The molecule has 0 radical (unpaired) electrons. The SMILES string of the molecule is CCCCC(CC)CN1C(=O)/C(=C\c2c(C)c(C#N)c(=O)n(CCCC)c2N2CC(C)OC(C)C2)SC1=S. The number of morpholine rings is 1. The summed E-state index contributed by atoms with van der Waals surface area (Å²) in [5.74, 6) is 1.09. The van der Waals surface area contributed by atoms with Crippen molar-refractivity contribution in [2.45, 2.75) is 98.8 Å². The molecule has 208 valence electrons. The number of thioether (sulfide) groups is 1. The molecule has 7 nitrogen and oxygen atoms in total. The van der Waals surface area contributed by atoms with Crippen LogP contribution in [0.4, 0.5) is 5.82 Å². The van der Waals surface area contributed by atoms with Gasteiger partial charge in [0.05, 0.1) is 17.1 Å². The summed E-state index contributed by atoms with van der Waals surface area (Å²) >= 11 is 6.97. The number of ether oxygens (including phenoxy) is 1. The number of hydrogen-bond donors (Lipinski definition) is 0. The van der Waals surface area contributed by atoms with Gasteiger partial charge in [0.25, 0.3) is 11.5 Å². The molecule has 0 spiro atoms. The highest BCUT2D eigenvalue weighted by Crippen LogP contribution is 2.37. The Labute approximate surface area is 237 Å². The van der Waals surface area contributed by atoms with Crippen LogP contribution in [0.15, 0.2) is 9.70 Å². The van der Waals surface area contributed by atoms with Gasteiger partial charge in [0.2, 0.25) is 0 Å². The Kier molecular flexibility index (Phi) is 11.0. The summed E-state index contributed by atoms with van der Waals surface area (Å²) in [5, 5.41) is 9.93. The number of unbranched alkanes of at least 4 members (excludes halogenated alkanes) is 2. The third kappa shape index (κ3) is 6.70. The van der Waals surface area contributed by atoms with Gasteiger partial charge in [-0.15, -0.1) is 0 Å². The van der Waals surface area contributed by atoms with Crippen molar-refractivity contribution in [3.8, 4) is 6.07 Å². The van der Waals surface area contributed by atoms with Crippen molar-refractivity contribution in [2.75, 3.05) is 24.5 Å². The van der Waals surface area contributed by atoms with Crippen molar-refractivity contribution < 1.29 is 9.53 Å². The average Bonchev–Trinajstić information content (AvgIpc) is 3.13. The van der Waals surface area contributed by atoms with E-state index in [0.29, 0.717) is 46.9 Å². The van der Waals surface area contributed by atoms with Gasteiger partial charge in [-0.05, 0) is 51.2 Å². The molecule has 2 fully saturated rings. The van der Waals surface area contributed by atoms with E-state index < -0.39 is 0 Å². The Morgan fingerprint density at radius 3 is 2.39 bits per heavy atom. The molecule has 3 atom stereocenters. The lowest BCUT2D eigenvalue weighted by atomic mass is 9.99. The number of amides is 1. The molecule has 3 unspecified atom stereocenters. The fraction of sp³-hybridized carbons (Fsp3) is 0.655. The average molecular weight is 559 g/mol. The lowest BCUT2D eigenvalue weighted by Crippen LogP contribution is -2.48. The van der Waals surface area contributed by atoms with Gasteiger partial charge in [0, 0.05) is 31.7 Å². The minimum atomic E-state index is -0.272. The summed E-state index contributed by atoms with van der Waals surface area (Å²) in [4.78, 5) is 31.6. The number of carbonyl (C=O) groups excluding carboxylic acids is 1. The molecule has 38 heavy (non-hydrogen) atoms. The van der Waals surface area contributed by atoms with E-state index in [9.17, 15) is 14.9 Å². The first-order valence-electron chi connectivity index (χ1n) is 14.0. The molecule has 0 N–H and O–H groups in total. The maximum atomic E-state index is 13.6. The molecule has 3 heterocycles. The fourth-order valence-corrected chi connectivity index (χ4v) is 6.58. The van der Waals surface area contributed by atoms with Gasteiger partial charge >= 0.3 is 0 Å². The van der Waals surface area contributed by atoms with Crippen LogP contribution in [0.25, 0.3) is 6.08 Å². The van der Waals surface area contributed by atoms with Crippen LogP contribution in [0.1, 0.15) is 89.8 Å². The predicted molar refractivity (Wildman–Crippen MR) is 160 cm³/mol. The predicted octanol–water partition coefficient (Wildman–Crippen LogP) is 5.86. The number of pyridine rings is 1. The topological polar surface area (TPSA) is 78.6 Å². The fourth-order valence-electron chi connectivity index (χ4n) is 5.32. The number of nitriles is 1. The molecule has 1 amide bonds. The standard InChI is InChI=1S/C29H42N4O3S2/c1-7-10-12-22(9-3)18-33-28(35)25(38-29(33)37)14-23-21(6)24(15-30)27(34)32(13-11-8-2)26(23)31-16-19(4)36-20(5)17-31/h14,19-20,22H,7-13,16-18H2,1-6H3/b25-14+. The molecule has 3 rings (SSSR count). The van der Waals surface area contributed by atoms with Crippen molar-refractivity contribution in [1.82, 2.24) is 9.47 Å². The highest BCUT2D eigenvalue weighted by molar-refractivity contribution is 8.26. The molecule has 2 aliphatic heterocycles. The van der Waals surface area contributed by atoms with Gasteiger partial charge in [-0.2, -0.15) is 5.26 Å². The summed E-state index contributed by atoms with van der Waals surface area (Å²) in [5.41, 5.74) is 1.21. The van der Waals surface area contributed by atoms with E-state index in [1.807, 2.05) is 26.8 Å². The Morgan fingerprint density at radius 2 is 1.82 bits per heavy atom. The second kappa shape index (κ2) is 13.8. The number of anilines is 1. The number of aromatic nitrogens is 1. The molecule has 0 bridgehead atoms. The maximum Gasteiger partial charge on any atom is 0.270 e. The number of hydrogen-bond acceptors (Lipinski definition) is 7. The largest absolute Gasteiger partial charge is 0.372 e. The molecule has 1 aromatic rings. The van der Waals surface area contributed by atoms with E-state index >= 15 is 0 Å². The van der Waals surface area contributed by atoms with Crippen LogP contribution in [-0.4, -0.2) is 51.5 Å². The first-order chi connectivity index (χ1) is 18.2. The Morgan fingerprint density at radius 1 is 1.16 bits per heavy atom. The van der Waals surface area contributed by atoms with E-state index in [-0.39, 0.29) is 29.2 Å². The molecular formula is C29H42N4O3S2. The highest BCUT2D eigenvalue weighted by atomic mass is 32.2. The van der Waals surface area contributed by atoms with E-state index in [1.165, 1.54) is 11.8 Å². The summed E-state index contributed by atoms with van der Waals surface area (Å²) < 4.78 is 8.29. The van der Waals surface area contributed by atoms with Crippen LogP contribution in [0.3, 0.4) is 0 Å². The Balaban J connectivity index is 2.13. The van der Waals surface area contributed by atoms with E-state index in [0.717, 1.165) is 49.9 Å². The van der Waals surface area contributed by atoms with E-state index in [1.54, 1.807) is 9.47 Å². The molecule has 1 aromatic heterocycles. The lowest BCUT2D eigenvalue weighted by molar-refractivity contribution is -0.122. The Hall–Kier alpha value is -2.15. The second-order valence-corrected chi connectivity index (χ2v) is 12.2. The Bertz CT molecular complexity index is 1160. The van der Waals surface area contributed by atoms with Crippen LogP contribution in [-0.2, 0) is 16.1 Å². The minimum absolute atomic E-state index is 0.00964. The third-order valence-electron chi connectivity index (χ3n) is 7.43. The summed E-state index contributed by atoms with van der Waals surface area (Å²) in [7, 11) is 0. The summed E-state index contributed by atoms with van der Waals surface area (Å²) in [6.07, 6.45) is 7.92. The number of carbonyl (C=O) groups is 1. The van der Waals surface area contributed by atoms with Crippen molar-refractivity contribution in [3.63, 3.8) is 0 Å². The first-order valence-corrected chi connectivity index (χ1v) is 15.2. The summed E-state index contributed by atoms with van der Waals surface area (Å²) in [6.45, 7) is 14.7. The van der Waals surface area contributed by atoms with E-state index in [4.69, 9.17) is 17.0 Å². The normalized spacial score (nSPS) is 21.9. The first kappa shape index (κ1) is 30.4. The molecule has 0 aliphatic carbocycles. The van der Waals surface area contributed by atoms with Gasteiger partial charge in [0.1, 0.15) is 21.8 Å². The number of rotatable bonds is 11. The van der Waals surface area contributed by atoms with Gasteiger partial charge in [-0.3, -0.25) is 19.1 Å². The zero-order chi connectivity index (χ0) is 28.0. The van der Waals surface area contributed by atoms with Crippen LogP contribution in [0.5, 0.6) is 0 Å². The molecule has 2 aliphatic rings. The van der Waals surface area contributed by atoms with Gasteiger partial charge in [-0.1, -0.05) is 70.4 Å². The van der Waals surface area contributed by atoms with Crippen molar-refractivity contribution in [3.05, 3.63) is 31.9 Å². The van der Waals surface area contributed by atoms with Crippen LogP contribution < -0.4 is 10.5 Å². The van der Waals surface area contributed by atoms with Crippen molar-refractivity contribution >= 4 is 46.1 Å². The summed E-state index contributed by atoms with van der Waals surface area (Å²) in [6, 6.07) is 2.14. The zero-order valence-corrected chi connectivity index (χ0v) is 25.3. The number of nitrogens with zero attached hydrogens (tertiary/aromatic N) is 4. The molecule has 0 aromatic carbocycles. The molecular weight excluding hydrogens is 516 g/mol. The van der Waals surface area contributed by atoms with Crippen molar-refractivity contribution in [2.24, 2.45) is 5.92 Å². The third-order valence-corrected chi connectivity index (χ3v) is 8.81. The molecule has 9 heteroatoms. The maximum absolute atomic E-state index is 13.6. The second-order valence-electron chi connectivity index (χ2n) is 10.5. The lowest BCUT2D eigenvalue weighted by Gasteiger charge is -2.39. The van der Waals surface area contributed by atoms with Crippen LogP contribution in [0, 0.1) is 24.2 Å². The van der Waals surface area contributed by atoms with Gasteiger partial charge < -0.3 is 9.64 Å². The monoisotopic (exact) mass is 558 g/mol. The molecule has 2 saturated heterocycles. The van der Waals surface area contributed by atoms with E-state index in [2.05, 4.69) is 31.7 Å². The highest BCUT2D eigenvalue weighted by Gasteiger charge is 2.35. The van der Waals surface area contributed by atoms with Gasteiger partial charge in [-0.25, -0.2) is 0 Å². The molecule has 0 saturated carbocycles.